The minimum absolute atomic E-state index is 0.00489. The maximum Gasteiger partial charge on any atom is 0.310 e. The number of nitro groups is 1. The van der Waals surface area contributed by atoms with E-state index in [2.05, 4.69) is 11.4 Å². The van der Waals surface area contributed by atoms with Crippen molar-refractivity contribution in [2.75, 3.05) is 11.9 Å². The van der Waals surface area contributed by atoms with Gasteiger partial charge in [0.2, 0.25) is 0 Å². The van der Waals surface area contributed by atoms with Crippen LogP contribution < -0.4 is 5.32 Å². The number of esters is 1. The molecule has 0 spiro atoms. The number of carbonyl (C=O) groups excluding carboxylic acids is 2. The molecule has 1 N–H and O–H groups in total. The molecule has 0 fully saturated rings. The number of rotatable bonds is 6. The minimum Gasteiger partial charge on any atom is -0.464 e. The Hall–Kier alpha value is -3.68. The number of nitrogens with zero attached hydrogens (tertiary/aromatic N) is 1. The summed E-state index contributed by atoms with van der Waals surface area (Å²) in [5.41, 5.74) is 4.70. The molecule has 1 amide bonds. The summed E-state index contributed by atoms with van der Waals surface area (Å²) in [6.45, 7) is 1.13. The summed E-state index contributed by atoms with van der Waals surface area (Å²) in [6.07, 6.45) is 4.74. The molecule has 1 aliphatic rings. The van der Waals surface area contributed by atoms with Crippen LogP contribution in [0.25, 0.3) is 11.0 Å². The van der Waals surface area contributed by atoms with E-state index in [1.807, 2.05) is 6.07 Å². The van der Waals surface area contributed by atoms with Crippen LogP contribution >= 0.6 is 0 Å². The van der Waals surface area contributed by atoms with E-state index >= 15 is 0 Å². The van der Waals surface area contributed by atoms with E-state index in [-0.39, 0.29) is 17.8 Å². The van der Waals surface area contributed by atoms with E-state index in [0.717, 1.165) is 35.8 Å². The average Bonchev–Trinajstić information content (AvgIpc) is 3.32. The van der Waals surface area contributed by atoms with Crippen molar-refractivity contribution >= 4 is 34.2 Å². The Labute approximate surface area is 172 Å². The molecule has 4 rings (SSSR count). The number of nitrogens with one attached hydrogen (secondary N) is 1. The fourth-order valence-corrected chi connectivity index (χ4v) is 3.72. The number of hydrogen-bond acceptors (Lipinski definition) is 6. The van der Waals surface area contributed by atoms with Crippen LogP contribution in [0.4, 0.5) is 11.4 Å². The van der Waals surface area contributed by atoms with Crippen LogP contribution in [0, 0.1) is 17.0 Å². The largest absolute Gasteiger partial charge is 0.464 e. The summed E-state index contributed by atoms with van der Waals surface area (Å²) in [5, 5.41) is 14.4. The standard InChI is InChI=1S/C22H20N2O6/c1-13-5-6-17(10-19(13)24(27)28)23-21(25)12-30-22(26)9-16-11-29-20-8-15-4-2-3-14(15)7-18(16)20/h5-8,10-11H,2-4,9,12H2,1H3,(H,23,25). The number of amides is 1. The first-order chi connectivity index (χ1) is 14.4. The molecule has 0 saturated carbocycles. The number of aryl methyl sites for hydroxylation is 3. The van der Waals surface area contributed by atoms with E-state index in [1.54, 1.807) is 25.3 Å². The first kappa shape index (κ1) is 19.6. The molecule has 0 atom stereocenters. The molecule has 0 radical (unpaired) electrons. The molecular weight excluding hydrogens is 388 g/mol. The maximum atomic E-state index is 12.2. The van der Waals surface area contributed by atoms with Crippen LogP contribution in [-0.4, -0.2) is 23.4 Å². The molecule has 1 aromatic heterocycles. The number of hydrogen-bond donors (Lipinski definition) is 1. The highest BCUT2D eigenvalue weighted by Gasteiger charge is 2.18. The van der Waals surface area contributed by atoms with E-state index in [1.165, 1.54) is 17.2 Å². The Bertz CT molecular complexity index is 1160. The second-order valence-corrected chi connectivity index (χ2v) is 7.38. The molecule has 0 unspecified atom stereocenters. The Morgan fingerprint density at radius 2 is 1.97 bits per heavy atom. The zero-order valence-electron chi connectivity index (χ0n) is 16.4. The van der Waals surface area contributed by atoms with Gasteiger partial charge in [-0.1, -0.05) is 6.07 Å². The third-order valence-electron chi connectivity index (χ3n) is 5.26. The molecule has 3 aromatic rings. The quantitative estimate of drug-likeness (QED) is 0.377. The van der Waals surface area contributed by atoms with Gasteiger partial charge in [0.15, 0.2) is 6.61 Å². The molecule has 154 valence electrons. The second kappa shape index (κ2) is 7.98. The Morgan fingerprint density at radius 3 is 2.73 bits per heavy atom. The fraction of sp³-hybridized carbons (Fsp3) is 0.273. The summed E-state index contributed by atoms with van der Waals surface area (Å²) in [5.74, 6) is -1.13. The van der Waals surface area contributed by atoms with Crippen molar-refractivity contribution in [1.82, 2.24) is 0 Å². The molecule has 1 heterocycles. The molecule has 2 aromatic carbocycles. The van der Waals surface area contributed by atoms with Gasteiger partial charge in [0.1, 0.15) is 5.58 Å². The number of nitro benzene ring substituents is 1. The summed E-state index contributed by atoms with van der Waals surface area (Å²) in [6, 6.07) is 8.46. The zero-order chi connectivity index (χ0) is 21.3. The Balaban J connectivity index is 1.35. The van der Waals surface area contributed by atoms with Gasteiger partial charge in [-0.05, 0) is 55.5 Å². The molecule has 8 nitrogen and oxygen atoms in total. The smallest absolute Gasteiger partial charge is 0.310 e. The van der Waals surface area contributed by atoms with Crippen molar-refractivity contribution in [3.05, 3.63) is 69.0 Å². The van der Waals surface area contributed by atoms with Crippen LogP contribution in [0.2, 0.25) is 0 Å². The normalized spacial score (nSPS) is 12.6. The maximum absolute atomic E-state index is 12.2. The number of fused-ring (bicyclic) bond motifs is 2. The number of ether oxygens (including phenoxy) is 1. The fourth-order valence-electron chi connectivity index (χ4n) is 3.72. The molecule has 8 heteroatoms. The van der Waals surface area contributed by atoms with Crippen molar-refractivity contribution in [1.29, 1.82) is 0 Å². The minimum atomic E-state index is -0.573. The molecule has 30 heavy (non-hydrogen) atoms. The van der Waals surface area contributed by atoms with Crippen LogP contribution in [0.3, 0.4) is 0 Å². The topological polar surface area (TPSA) is 112 Å². The number of anilines is 1. The van der Waals surface area contributed by atoms with Gasteiger partial charge in [-0.15, -0.1) is 0 Å². The van der Waals surface area contributed by atoms with Gasteiger partial charge in [0.25, 0.3) is 11.6 Å². The third-order valence-corrected chi connectivity index (χ3v) is 5.26. The van der Waals surface area contributed by atoms with Gasteiger partial charge in [0.05, 0.1) is 17.6 Å². The summed E-state index contributed by atoms with van der Waals surface area (Å²) >= 11 is 0. The number of benzene rings is 2. The van der Waals surface area contributed by atoms with Gasteiger partial charge in [-0.25, -0.2) is 0 Å². The van der Waals surface area contributed by atoms with Crippen molar-refractivity contribution in [3.8, 4) is 0 Å². The predicted octanol–water partition coefficient (Wildman–Crippen LogP) is 3.86. The summed E-state index contributed by atoms with van der Waals surface area (Å²) < 4.78 is 10.6. The van der Waals surface area contributed by atoms with Gasteiger partial charge < -0.3 is 14.5 Å². The van der Waals surface area contributed by atoms with Crippen molar-refractivity contribution in [2.24, 2.45) is 0 Å². The molecule has 0 bridgehead atoms. The highest BCUT2D eigenvalue weighted by molar-refractivity contribution is 5.93. The summed E-state index contributed by atoms with van der Waals surface area (Å²) in [7, 11) is 0. The van der Waals surface area contributed by atoms with E-state index in [4.69, 9.17) is 9.15 Å². The predicted molar refractivity (Wildman–Crippen MR) is 109 cm³/mol. The number of furan rings is 1. The first-order valence-electron chi connectivity index (χ1n) is 9.63. The summed E-state index contributed by atoms with van der Waals surface area (Å²) in [4.78, 5) is 34.7. The number of carbonyl (C=O) groups is 2. The van der Waals surface area contributed by atoms with Crippen LogP contribution in [0.15, 0.2) is 41.0 Å². The van der Waals surface area contributed by atoms with E-state index in [0.29, 0.717) is 5.56 Å². The highest BCUT2D eigenvalue weighted by atomic mass is 16.6. The van der Waals surface area contributed by atoms with Crippen molar-refractivity contribution in [3.63, 3.8) is 0 Å². The van der Waals surface area contributed by atoms with Crippen LogP contribution in [0.1, 0.15) is 28.7 Å². The lowest BCUT2D eigenvalue weighted by Gasteiger charge is -2.07. The average molecular weight is 408 g/mol. The highest BCUT2D eigenvalue weighted by Crippen LogP contribution is 2.30. The van der Waals surface area contributed by atoms with Crippen LogP contribution in [0.5, 0.6) is 0 Å². The second-order valence-electron chi connectivity index (χ2n) is 7.38. The molecule has 0 aliphatic heterocycles. The molecule has 1 aliphatic carbocycles. The van der Waals surface area contributed by atoms with Crippen LogP contribution in [-0.2, 0) is 33.6 Å². The zero-order valence-corrected chi connectivity index (χ0v) is 16.4. The Kier molecular flexibility index (Phi) is 5.22. The lowest BCUT2D eigenvalue weighted by molar-refractivity contribution is -0.385. The van der Waals surface area contributed by atoms with Gasteiger partial charge in [0, 0.05) is 28.3 Å². The molecule has 0 saturated heterocycles. The lowest BCUT2D eigenvalue weighted by Crippen LogP contribution is -2.21. The third kappa shape index (κ3) is 4.03. The van der Waals surface area contributed by atoms with Gasteiger partial charge in [-0.2, -0.15) is 0 Å². The van der Waals surface area contributed by atoms with Gasteiger partial charge in [-0.3, -0.25) is 19.7 Å². The SMILES string of the molecule is Cc1ccc(NC(=O)COC(=O)Cc2coc3cc4c(cc23)CCC4)cc1[N+](=O)[O-]. The monoisotopic (exact) mass is 408 g/mol. The lowest BCUT2D eigenvalue weighted by atomic mass is 10.0. The van der Waals surface area contributed by atoms with E-state index < -0.39 is 23.4 Å². The molecular formula is C22H20N2O6. The first-order valence-corrected chi connectivity index (χ1v) is 9.63. The van der Waals surface area contributed by atoms with Crippen molar-refractivity contribution < 1.29 is 23.7 Å². The Morgan fingerprint density at radius 1 is 1.20 bits per heavy atom. The van der Waals surface area contributed by atoms with E-state index in [9.17, 15) is 19.7 Å². The van der Waals surface area contributed by atoms with Crippen molar-refractivity contribution in [2.45, 2.75) is 32.6 Å². The van der Waals surface area contributed by atoms with Gasteiger partial charge >= 0.3 is 5.97 Å².